The molecule has 0 aliphatic heterocycles. The number of carbonyl (C=O) groups excluding carboxylic acids is 1. The Kier molecular flexibility index (Phi) is 4.06. The zero-order chi connectivity index (χ0) is 13.1. The van der Waals surface area contributed by atoms with Crippen molar-refractivity contribution < 1.29 is 23.0 Å². The lowest BCUT2D eigenvalue weighted by molar-refractivity contribution is -0.199. The summed E-state index contributed by atoms with van der Waals surface area (Å²) >= 11 is 5.01. The van der Waals surface area contributed by atoms with E-state index in [9.17, 15) is 13.6 Å². The van der Waals surface area contributed by atoms with Crippen LogP contribution in [0.5, 0.6) is 0 Å². The Morgan fingerprint density at radius 3 is 2.12 bits per heavy atom. The van der Waals surface area contributed by atoms with Crippen LogP contribution in [-0.2, 0) is 19.9 Å². The largest absolute Gasteiger partial charge is 0.466 e. The number of rotatable bonds is 4. The second-order valence-electron chi connectivity index (χ2n) is 3.24. The quantitative estimate of drug-likeness (QED) is 0.619. The van der Waals surface area contributed by atoms with Crippen LogP contribution in [0.25, 0.3) is 0 Å². The van der Waals surface area contributed by atoms with Gasteiger partial charge >= 0.3 is 11.4 Å². The van der Waals surface area contributed by atoms with Gasteiger partial charge in [0.05, 0.1) is 7.11 Å². The van der Waals surface area contributed by atoms with Gasteiger partial charge in [0.1, 0.15) is 0 Å². The first-order valence-corrected chi connectivity index (χ1v) is 5.03. The van der Waals surface area contributed by atoms with Crippen LogP contribution in [0, 0.1) is 0 Å². The molecule has 3 nitrogen and oxygen atoms in total. The summed E-state index contributed by atoms with van der Waals surface area (Å²) in [5.41, 5.74) is -2.72. The third kappa shape index (κ3) is 2.25. The summed E-state index contributed by atoms with van der Waals surface area (Å²) < 4.78 is 36.1. The van der Waals surface area contributed by atoms with E-state index in [0.717, 1.165) is 14.2 Å². The van der Waals surface area contributed by atoms with Gasteiger partial charge in [0, 0.05) is 12.7 Å². The van der Waals surface area contributed by atoms with Crippen LogP contribution in [0.3, 0.4) is 0 Å². The highest BCUT2D eigenvalue weighted by molar-refractivity contribution is 6.24. The van der Waals surface area contributed by atoms with Gasteiger partial charge in [-0.1, -0.05) is 30.3 Å². The van der Waals surface area contributed by atoms with E-state index < -0.39 is 17.0 Å². The molecule has 0 saturated carbocycles. The van der Waals surface area contributed by atoms with Crippen LogP contribution >= 0.6 is 11.6 Å². The lowest BCUT2D eigenvalue weighted by Gasteiger charge is -2.32. The number of benzene rings is 1. The van der Waals surface area contributed by atoms with Crippen LogP contribution < -0.4 is 0 Å². The molecule has 17 heavy (non-hydrogen) atoms. The van der Waals surface area contributed by atoms with Gasteiger partial charge in [0.15, 0.2) is 0 Å². The Morgan fingerprint density at radius 1 is 1.24 bits per heavy atom. The van der Waals surface area contributed by atoms with Crippen molar-refractivity contribution in [1.29, 1.82) is 0 Å². The number of hydrogen-bond donors (Lipinski definition) is 0. The fraction of sp³-hybridized carbons (Fsp3) is 0.364. The van der Waals surface area contributed by atoms with Crippen molar-refractivity contribution in [3.05, 3.63) is 35.9 Å². The average Bonchev–Trinajstić information content (AvgIpc) is 2.30. The Labute approximate surface area is 102 Å². The molecule has 0 heterocycles. The topological polar surface area (TPSA) is 35.5 Å². The van der Waals surface area contributed by atoms with Crippen LogP contribution in [-0.4, -0.2) is 25.6 Å². The van der Waals surface area contributed by atoms with Gasteiger partial charge in [-0.3, -0.25) is 0 Å². The summed E-state index contributed by atoms with van der Waals surface area (Å²) in [5, 5.41) is -3.93. The molecule has 0 radical (unpaired) electrons. The molecular weight excluding hydrogens is 254 g/mol. The predicted octanol–water partition coefficient (Wildman–Crippen LogP) is 2.53. The molecule has 0 saturated heterocycles. The maximum atomic E-state index is 13.5. The lowest BCUT2D eigenvalue weighted by atomic mass is 9.93. The minimum absolute atomic E-state index is 0.0747. The molecule has 1 aromatic carbocycles. The van der Waals surface area contributed by atoms with Gasteiger partial charge in [0.2, 0.25) is 0 Å². The summed E-state index contributed by atoms with van der Waals surface area (Å²) in [7, 11) is 1.96. The van der Waals surface area contributed by atoms with E-state index in [0.29, 0.717) is 0 Å². The maximum Gasteiger partial charge on any atom is 0.365 e. The van der Waals surface area contributed by atoms with E-state index in [1.807, 2.05) is 0 Å². The zero-order valence-corrected chi connectivity index (χ0v) is 10.0. The van der Waals surface area contributed by atoms with Crippen molar-refractivity contribution in [2.24, 2.45) is 0 Å². The third-order valence-corrected chi connectivity index (χ3v) is 2.62. The highest BCUT2D eigenvalue weighted by atomic mass is 35.5. The smallest absolute Gasteiger partial charge is 0.365 e. The highest BCUT2D eigenvalue weighted by Crippen LogP contribution is 2.44. The van der Waals surface area contributed by atoms with Gasteiger partial charge in [-0.2, -0.15) is 8.78 Å². The number of esters is 1. The van der Waals surface area contributed by atoms with E-state index in [2.05, 4.69) is 9.47 Å². The number of hydrogen-bond acceptors (Lipinski definition) is 3. The molecule has 0 N–H and O–H groups in total. The lowest BCUT2D eigenvalue weighted by Crippen LogP contribution is -2.50. The average molecular weight is 265 g/mol. The fourth-order valence-electron chi connectivity index (χ4n) is 1.53. The summed E-state index contributed by atoms with van der Waals surface area (Å²) in [5.74, 6) is -1.26. The molecular formula is C11H11ClF2O3. The van der Waals surface area contributed by atoms with Crippen LogP contribution in [0.15, 0.2) is 30.3 Å². The molecule has 6 heteroatoms. The fourth-order valence-corrected chi connectivity index (χ4v) is 1.79. The van der Waals surface area contributed by atoms with Gasteiger partial charge in [-0.15, -0.1) is 0 Å². The molecule has 0 amide bonds. The Bertz CT molecular complexity index is 391. The standard InChI is InChI=1S/C11H11ClF2O3/c1-16-9(15)10(17-2,11(12,13)14)8-6-4-3-5-7-8/h3-7H,1-2H3. The van der Waals surface area contributed by atoms with Crippen molar-refractivity contribution in [2.45, 2.75) is 11.0 Å². The Hall–Kier alpha value is -1.20. The van der Waals surface area contributed by atoms with E-state index in [4.69, 9.17) is 11.6 Å². The molecule has 1 unspecified atom stereocenters. The molecule has 0 fully saturated rings. The van der Waals surface area contributed by atoms with Gasteiger partial charge in [-0.25, -0.2) is 4.79 Å². The number of ether oxygens (including phenoxy) is 2. The van der Waals surface area contributed by atoms with Crippen LogP contribution in [0.4, 0.5) is 8.78 Å². The highest BCUT2D eigenvalue weighted by Gasteiger charge is 2.61. The SMILES string of the molecule is COC(=O)C(OC)(c1ccccc1)C(F)(F)Cl. The number of halogens is 3. The van der Waals surface area contributed by atoms with Crippen molar-refractivity contribution in [3.63, 3.8) is 0 Å². The first kappa shape index (κ1) is 13.9. The van der Waals surface area contributed by atoms with Crippen LogP contribution in [0.1, 0.15) is 5.56 Å². The van der Waals surface area contributed by atoms with Gasteiger partial charge < -0.3 is 9.47 Å². The number of alkyl halides is 3. The predicted molar refractivity (Wildman–Crippen MR) is 57.9 cm³/mol. The first-order valence-electron chi connectivity index (χ1n) is 4.66. The summed E-state index contributed by atoms with van der Waals surface area (Å²) in [4.78, 5) is 11.6. The molecule has 1 aromatic rings. The number of carbonyl (C=O) groups is 1. The molecule has 0 bridgehead atoms. The van der Waals surface area contributed by atoms with Crippen molar-refractivity contribution in [1.82, 2.24) is 0 Å². The first-order chi connectivity index (χ1) is 7.90. The van der Waals surface area contributed by atoms with E-state index in [-0.39, 0.29) is 5.56 Å². The van der Waals surface area contributed by atoms with Gasteiger partial charge in [-0.05, 0) is 11.6 Å². The van der Waals surface area contributed by atoms with E-state index >= 15 is 0 Å². The Balaban J connectivity index is 3.43. The van der Waals surface area contributed by atoms with E-state index in [1.54, 1.807) is 6.07 Å². The molecule has 94 valence electrons. The van der Waals surface area contributed by atoms with Crippen molar-refractivity contribution in [3.8, 4) is 0 Å². The minimum Gasteiger partial charge on any atom is -0.466 e. The third-order valence-electron chi connectivity index (χ3n) is 2.36. The van der Waals surface area contributed by atoms with E-state index in [1.165, 1.54) is 24.3 Å². The Morgan fingerprint density at radius 2 is 1.76 bits per heavy atom. The van der Waals surface area contributed by atoms with Gasteiger partial charge in [0.25, 0.3) is 5.60 Å². The molecule has 1 atom stereocenters. The maximum absolute atomic E-state index is 13.5. The van der Waals surface area contributed by atoms with Crippen molar-refractivity contribution >= 4 is 17.6 Å². The summed E-state index contributed by atoms with van der Waals surface area (Å²) in [6, 6.07) is 7.24. The molecule has 0 aliphatic rings. The molecule has 0 spiro atoms. The minimum atomic E-state index is -3.93. The monoisotopic (exact) mass is 264 g/mol. The molecule has 1 rings (SSSR count). The molecule has 0 aliphatic carbocycles. The number of methoxy groups -OCH3 is 2. The second-order valence-corrected chi connectivity index (χ2v) is 3.72. The normalized spacial score (nSPS) is 15.1. The zero-order valence-electron chi connectivity index (χ0n) is 9.25. The summed E-state index contributed by atoms with van der Waals surface area (Å²) in [6.45, 7) is 0. The summed E-state index contributed by atoms with van der Waals surface area (Å²) in [6.07, 6.45) is 0. The van der Waals surface area contributed by atoms with Crippen molar-refractivity contribution in [2.75, 3.05) is 14.2 Å². The molecule has 0 aromatic heterocycles. The second kappa shape index (κ2) is 4.98. The van der Waals surface area contributed by atoms with Crippen LogP contribution in [0.2, 0.25) is 0 Å².